The van der Waals surface area contributed by atoms with E-state index in [4.69, 9.17) is 0 Å². The lowest BCUT2D eigenvalue weighted by Gasteiger charge is -2.10. The van der Waals surface area contributed by atoms with Crippen LogP contribution in [-0.4, -0.2) is 12.8 Å². The van der Waals surface area contributed by atoms with Crippen LogP contribution in [0, 0.1) is 0 Å². The number of hydrogen-bond acceptors (Lipinski definition) is 2. The van der Waals surface area contributed by atoms with Gasteiger partial charge >= 0.3 is 0 Å². The van der Waals surface area contributed by atoms with Crippen LogP contribution >= 0.6 is 0 Å². The zero-order valence-corrected chi connectivity index (χ0v) is 7.08. The highest BCUT2D eigenvalue weighted by Crippen LogP contribution is 2.09. The molecule has 0 spiro atoms. The smallest absolute Gasteiger partial charge is 0.213 e. The highest BCUT2D eigenvalue weighted by Gasteiger charge is 2.01. The standard InChI is InChI=1S/C10H12NO/c1-9(11-7-8-12)10-5-3-2-4-6-10/h2-6,9,11H,7H2,1H3/t9-/m1/s1. The third-order valence-corrected chi connectivity index (χ3v) is 1.78. The Bertz CT molecular complexity index is 233. The molecule has 0 aliphatic heterocycles. The number of carbonyl (C=O) groups excluding carboxylic acids is 1. The van der Waals surface area contributed by atoms with Gasteiger partial charge in [0.05, 0.1) is 6.54 Å². The van der Waals surface area contributed by atoms with Crippen LogP contribution in [0.1, 0.15) is 18.5 Å². The monoisotopic (exact) mass is 162 g/mol. The van der Waals surface area contributed by atoms with Crippen molar-refractivity contribution in [1.82, 2.24) is 5.32 Å². The Labute approximate surface area is 72.6 Å². The fraction of sp³-hybridized carbons (Fsp3) is 0.300. The van der Waals surface area contributed by atoms with Gasteiger partial charge in [0.15, 0.2) is 0 Å². The molecule has 1 rings (SSSR count). The first-order valence-electron chi connectivity index (χ1n) is 3.98. The summed E-state index contributed by atoms with van der Waals surface area (Å²) in [6, 6.07) is 10.2. The number of nitrogens with one attached hydrogen (secondary N) is 1. The molecule has 2 heteroatoms. The van der Waals surface area contributed by atoms with Crippen molar-refractivity contribution in [2.45, 2.75) is 13.0 Å². The SMILES string of the molecule is C[C@@H](NC[C]=O)c1ccccc1. The molecule has 0 aliphatic rings. The van der Waals surface area contributed by atoms with Gasteiger partial charge < -0.3 is 5.32 Å². The summed E-state index contributed by atoms with van der Waals surface area (Å²) in [5.41, 5.74) is 1.19. The first-order valence-corrected chi connectivity index (χ1v) is 3.98. The Kier molecular flexibility index (Phi) is 3.48. The van der Waals surface area contributed by atoms with E-state index in [1.165, 1.54) is 5.56 Å². The van der Waals surface area contributed by atoms with E-state index in [1.54, 1.807) is 0 Å². The Morgan fingerprint density at radius 1 is 1.42 bits per heavy atom. The van der Waals surface area contributed by atoms with Gasteiger partial charge in [-0.25, -0.2) is 0 Å². The molecule has 1 aromatic carbocycles. The minimum Gasteiger partial charge on any atom is -0.303 e. The van der Waals surface area contributed by atoms with Gasteiger partial charge in [-0.1, -0.05) is 30.3 Å². The maximum absolute atomic E-state index is 9.95. The van der Waals surface area contributed by atoms with Crippen LogP contribution < -0.4 is 5.32 Å². The Hall–Kier alpha value is -1.15. The van der Waals surface area contributed by atoms with Crippen molar-refractivity contribution >= 4 is 6.29 Å². The molecular weight excluding hydrogens is 150 g/mol. The van der Waals surface area contributed by atoms with Crippen LogP contribution in [0.5, 0.6) is 0 Å². The van der Waals surface area contributed by atoms with Gasteiger partial charge in [0.1, 0.15) is 0 Å². The molecule has 2 nitrogen and oxygen atoms in total. The fourth-order valence-electron chi connectivity index (χ4n) is 1.05. The normalized spacial score (nSPS) is 12.4. The zero-order valence-electron chi connectivity index (χ0n) is 7.08. The lowest BCUT2D eigenvalue weighted by molar-refractivity contribution is 0.537. The molecular formula is C10H12NO. The first-order chi connectivity index (χ1) is 5.84. The van der Waals surface area contributed by atoms with E-state index in [1.807, 2.05) is 43.5 Å². The quantitative estimate of drug-likeness (QED) is 0.726. The predicted molar refractivity (Wildman–Crippen MR) is 48.6 cm³/mol. The van der Waals surface area contributed by atoms with Crippen molar-refractivity contribution in [3.8, 4) is 0 Å². The van der Waals surface area contributed by atoms with E-state index in [2.05, 4.69) is 5.32 Å². The third-order valence-electron chi connectivity index (χ3n) is 1.78. The van der Waals surface area contributed by atoms with E-state index in [-0.39, 0.29) is 12.6 Å². The van der Waals surface area contributed by atoms with Crippen LogP contribution in [0.2, 0.25) is 0 Å². The zero-order chi connectivity index (χ0) is 8.81. The van der Waals surface area contributed by atoms with Crippen LogP contribution in [0.4, 0.5) is 0 Å². The lowest BCUT2D eigenvalue weighted by Crippen LogP contribution is -2.20. The molecule has 1 N–H and O–H groups in total. The maximum Gasteiger partial charge on any atom is 0.213 e. The summed E-state index contributed by atoms with van der Waals surface area (Å²) in [5, 5.41) is 3.02. The van der Waals surface area contributed by atoms with Crippen molar-refractivity contribution < 1.29 is 4.79 Å². The molecule has 0 fully saturated rings. The van der Waals surface area contributed by atoms with Gasteiger partial charge in [-0.2, -0.15) is 0 Å². The molecule has 0 saturated heterocycles. The fourth-order valence-corrected chi connectivity index (χ4v) is 1.05. The second-order valence-electron chi connectivity index (χ2n) is 2.66. The van der Waals surface area contributed by atoms with Gasteiger partial charge in [-0.05, 0) is 12.5 Å². The maximum atomic E-state index is 9.95. The molecule has 1 atom stereocenters. The summed E-state index contributed by atoms with van der Waals surface area (Å²) < 4.78 is 0. The average Bonchev–Trinajstić information content (AvgIpc) is 2.15. The molecule has 12 heavy (non-hydrogen) atoms. The van der Waals surface area contributed by atoms with Gasteiger partial charge in [0, 0.05) is 6.04 Å². The summed E-state index contributed by atoms with van der Waals surface area (Å²) in [4.78, 5) is 9.95. The summed E-state index contributed by atoms with van der Waals surface area (Å²) in [6.45, 7) is 2.31. The molecule has 0 amide bonds. The summed E-state index contributed by atoms with van der Waals surface area (Å²) in [6.07, 6.45) is 1.81. The number of hydrogen-bond donors (Lipinski definition) is 1. The van der Waals surface area contributed by atoms with Crippen LogP contribution in [0.15, 0.2) is 30.3 Å². The van der Waals surface area contributed by atoms with Crippen molar-refractivity contribution in [1.29, 1.82) is 0 Å². The molecule has 0 aliphatic carbocycles. The minimum atomic E-state index is 0.215. The topological polar surface area (TPSA) is 29.1 Å². The predicted octanol–water partition coefficient (Wildman–Crippen LogP) is 1.45. The van der Waals surface area contributed by atoms with Gasteiger partial charge in [0.25, 0.3) is 0 Å². The van der Waals surface area contributed by atoms with Gasteiger partial charge in [-0.3, -0.25) is 4.79 Å². The van der Waals surface area contributed by atoms with Crippen LogP contribution in [0.25, 0.3) is 0 Å². The van der Waals surface area contributed by atoms with Gasteiger partial charge in [-0.15, -0.1) is 0 Å². The summed E-state index contributed by atoms with van der Waals surface area (Å²) >= 11 is 0. The third kappa shape index (κ3) is 2.47. The Morgan fingerprint density at radius 2 is 2.08 bits per heavy atom. The van der Waals surface area contributed by atoms with Crippen molar-refractivity contribution in [3.63, 3.8) is 0 Å². The molecule has 0 saturated carbocycles. The average molecular weight is 162 g/mol. The molecule has 0 aromatic heterocycles. The van der Waals surface area contributed by atoms with Crippen LogP contribution in [-0.2, 0) is 4.79 Å². The largest absolute Gasteiger partial charge is 0.303 e. The molecule has 1 radical (unpaired) electrons. The highest BCUT2D eigenvalue weighted by atomic mass is 16.1. The van der Waals surface area contributed by atoms with Crippen molar-refractivity contribution in [2.75, 3.05) is 6.54 Å². The summed E-state index contributed by atoms with van der Waals surface area (Å²) in [5.74, 6) is 0. The molecule has 0 unspecified atom stereocenters. The molecule has 0 heterocycles. The minimum absolute atomic E-state index is 0.215. The van der Waals surface area contributed by atoms with E-state index >= 15 is 0 Å². The molecule has 1 aromatic rings. The number of rotatable bonds is 4. The summed E-state index contributed by atoms with van der Waals surface area (Å²) in [7, 11) is 0. The van der Waals surface area contributed by atoms with E-state index in [0.717, 1.165) is 0 Å². The Balaban J connectivity index is 2.53. The van der Waals surface area contributed by atoms with E-state index in [9.17, 15) is 4.79 Å². The highest BCUT2D eigenvalue weighted by molar-refractivity contribution is 5.53. The molecule has 63 valence electrons. The molecule has 0 bridgehead atoms. The van der Waals surface area contributed by atoms with Crippen LogP contribution in [0.3, 0.4) is 0 Å². The first kappa shape index (κ1) is 8.94. The van der Waals surface area contributed by atoms with Crippen molar-refractivity contribution in [2.24, 2.45) is 0 Å². The van der Waals surface area contributed by atoms with E-state index in [0.29, 0.717) is 0 Å². The van der Waals surface area contributed by atoms with E-state index < -0.39 is 0 Å². The lowest BCUT2D eigenvalue weighted by atomic mass is 10.1. The van der Waals surface area contributed by atoms with Gasteiger partial charge in [0.2, 0.25) is 6.29 Å². The van der Waals surface area contributed by atoms with Crippen molar-refractivity contribution in [3.05, 3.63) is 35.9 Å². The number of benzene rings is 1. The second kappa shape index (κ2) is 4.67. The second-order valence-corrected chi connectivity index (χ2v) is 2.66. The Morgan fingerprint density at radius 3 is 2.67 bits per heavy atom.